The van der Waals surface area contributed by atoms with Gasteiger partial charge in [0.25, 0.3) is 0 Å². The van der Waals surface area contributed by atoms with Crippen LogP contribution >= 0.6 is 0 Å². The average Bonchev–Trinajstić information content (AvgIpc) is 3.11. The maximum absolute atomic E-state index is 6.37. The molecule has 0 aliphatic carbocycles. The van der Waals surface area contributed by atoms with E-state index in [2.05, 4.69) is 186 Å². The van der Waals surface area contributed by atoms with Gasteiger partial charge >= 0.3 is 0 Å². The highest BCUT2D eigenvalue weighted by atomic mass is 16.5. The van der Waals surface area contributed by atoms with Crippen LogP contribution in [0.1, 0.15) is 66.8 Å². The van der Waals surface area contributed by atoms with Gasteiger partial charge in [0.1, 0.15) is 5.75 Å². The van der Waals surface area contributed by atoms with Gasteiger partial charge in [-0.25, -0.2) is 0 Å². The van der Waals surface area contributed by atoms with Gasteiger partial charge < -0.3 is 4.74 Å². The number of hydrogen-bond acceptors (Lipinski definition) is 1. The van der Waals surface area contributed by atoms with Crippen LogP contribution in [0.15, 0.2) is 103 Å². The standard InChI is InChI=1S/C53H56B2O/c1-31-22-35(5)50(36(6)23-31)54(51-37(7)24-32(2)25-38(51)8)43-18-19-47(49(30-43)56-13)45-20-21-48(46-17-15-14-16-44(45)46)55(52-39(9)26-33(3)27-40(52)10)53-41(11)28-34(4)29-42(53)12/h14-30H,1-13H3. The van der Waals surface area contributed by atoms with Crippen LogP contribution in [0, 0.1) is 83.1 Å². The average molecular weight is 731 g/mol. The molecular formula is C53H56B2O. The van der Waals surface area contributed by atoms with Crippen LogP contribution in [0.5, 0.6) is 5.75 Å². The summed E-state index contributed by atoms with van der Waals surface area (Å²) in [4.78, 5) is 0. The summed E-state index contributed by atoms with van der Waals surface area (Å²) in [6, 6.07) is 39.4. The molecule has 0 bridgehead atoms. The van der Waals surface area contributed by atoms with Crippen molar-refractivity contribution in [3.63, 3.8) is 0 Å². The first-order chi connectivity index (χ1) is 26.7. The number of aryl methyl sites for hydroxylation is 12. The molecule has 280 valence electrons. The molecule has 0 fully saturated rings. The zero-order valence-electron chi connectivity index (χ0n) is 35.9. The highest BCUT2D eigenvalue weighted by Crippen LogP contribution is 2.35. The highest BCUT2D eigenvalue weighted by Gasteiger charge is 2.32. The second-order valence-electron chi connectivity index (χ2n) is 16.8. The third kappa shape index (κ3) is 7.02. The van der Waals surface area contributed by atoms with Crippen LogP contribution in [0.25, 0.3) is 21.9 Å². The van der Waals surface area contributed by atoms with Crippen molar-refractivity contribution in [1.29, 1.82) is 0 Å². The SMILES string of the molecule is COc1cc(B(c2c(C)cc(C)cc2C)c2c(C)cc(C)cc2C)ccc1-c1ccc(B(c2c(C)cc(C)cc2C)c2c(C)cc(C)cc2C)c2ccccc12. The molecular weight excluding hydrogens is 674 g/mol. The van der Waals surface area contributed by atoms with E-state index in [0.29, 0.717) is 0 Å². The molecule has 0 spiro atoms. The first kappa shape index (κ1) is 39.0. The Labute approximate surface area is 337 Å². The van der Waals surface area contributed by atoms with Crippen molar-refractivity contribution in [2.45, 2.75) is 83.1 Å². The molecule has 0 radical (unpaired) electrons. The summed E-state index contributed by atoms with van der Waals surface area (Å²) in [6.45, 7) is 27.2. The van der Waals surface area contributed by atoms with E-state index >= 15 is 0 Å². The van der Waals surface area contributed by atoms with Crippen molar-refractivity contribution in [3.8, 4) is 16.9 Å². The quantitative estimate of drug-likeness (QED) is 0.142. The Morgan fingerprint density at radius 1 is 0.357 bits per heavy atom. The predicted octanol–water partition coefficient (Wildman–Crippen LogP) is 9.25. The Morgan fingerprint density at radius 2 is 0.714 bits per heavy atom. The van der Waals surface area contributed by atoms with Crippen LogP contribution in [0.3, 0.4) is 0 Å². The van der Waals surface area contributed by atoms with E-state index in [1.165, 1.54) is 116 Å². The van der Waals surface area contributed by atoms with Crippen molar-refractivity contribution < 1.29 is 4.74 Å². The number of methoxy groups -OCH3 is 1. The van der Waals surface area contributed by atoms with Crippen LogP contribution < -0.4 is 37.5 Å². The summed E-state index contributed by atoms with van der Waals surface area (Å²) in [6.07, 6.45) is 0. The molecule has 7 rings (SSSR count). The molecule has 0 unspecified atom stereocenters. The molecule has 0 saturated carbocycles. The molecule has 0 atom stereocenters. The topological polar surface area (TPSA) is 9.23 Å². The number of hydrogen-bond donors (Lipinski definition) is 0. The fourth-order valence-corrected chi connectivity index (χ4v) is 10.4. The summed E-state index contributed by atoms with van der Waals surface area (Å²) in [7, 11) is 1.82. The fourth-order valence-electron chi connectivity index (χ4n) is 10.4. The smallest absolute Gasteiger partial charge is 0.243 e. The van der Waals surface area contributed by atoms with Gasteiger partial charge in [0.2, 0.25) is 13.4 Å². The summed E-state index contributed by atoms with van der Waals surface area (Å²) in [5.41, 5.74) is 26.3. The predicted molar refractivity (Wildman–Crippen MR) is 248 cm³/mol. The largest absolute Gasteiger partial charge is 0.496 e. The Balaban J connectivity index is 1.46. The van der Waals surface area contributed by atoms with Crippen LogP contribution in [0.4, 0.5) is 0 Å². The Kier molecular flexibility index (Phi) is 10.7. The Bertz CT molecular complexity index is 2460. The summed E-state index contributed by atoms with van der Waals surface area (Å²) in [5, 5.41) is 2.51. The zero-order valence-corrected chi connectivity index (χ0v) is 35.9. The zero-order chi connectivity index (χ0) is 40.2. The van der Waals surface area contributed by atoms with Gasteiger partial charge in [-0.15, -0.1) is 0 Å². The molecule has 0 saturated heterocycles. The summed E-state index contributed by atoms with van der Waals surface area (Å²) >= 11 is 0. The Morgan fingerprint density at radius 3 is 1.11 bits per heavy atom. The normalized spacial score (nSPS) is 11.3. The van der Waals surface area contributed by atoms with Crippen molar-refractivity contribution in [1.82, 2.24) is 0 Å². The van der Waals surface area contributed by atoms with Gasteiger partial charge in [-0.2, -0.15) is 0 Å². The van der Waals surface area contributed by atoms with Crippen molar-refractivity contribution in [2.24, 2.45) is 0 Å². The van der Waals surface area contributed by atoms with E-state index in [9.17, 15) is 0 Å². The lowest BCUT2D eigenvalue weighted by atomic mass is 9.33. The second-order valence-corrected chi connectivity index (χ2v) is 16.8. The van der Waals surface area contributed by atoms with Crippen molar-refractivity contribution in [2.75, 3.05) is 7.11 Å². The van der Waals surface area contributed by atoms with E-state index in [-0.39, 0.29) is 13.4 Å². The van der Waals surface area contributed by atoms with E-state index < -0.39 is 0 Å². The summed E-state index contributed by atoms with van der Waals surface area (Å²) < 4.78 is 6.37. The van der Waals surface area contributed by atoms with Crippen LogP contribution in [0.2, 0.25) is 0 Å². The molecule has 0 aliphatic heterocycles. The summed E-state index contributed by atoms with van der Waals surface area (Å²) in [5.74, 6) is 0.891. The monoisotopic (exact) mass is 730 g/mol. The van der Waals surface area contributed by atoms with Gasteiger partial charge in [0.05, 0.1) is 7.11 Å². The lowest BCUT2D eigenvalue weighted by Crippen LogP contribution is -2.56. The highest BCUT2D eigenvalue weighted by molar-refractivity contribution is 6.98. The van der Waals surface area contributed by atoms with Crippen LogP contribution in [-0.2, 0) is 0 Å². The Hall–Kier alpha value is -5.27. The van der Waals surface area contributed by atoms with Crippen molar-refractivity contribution in [3.05, 3.63) is 170 Å². The van der Waals surface area contributed by atoms with E-state index in [0.717, 1.165) is 11.3 Å². The molecule has 0 heterocycles. The molecule has 1 nitrogen and oxygen atoms in total. The van der Waals surface area contributed by atoms with E-state index in [4.69, 9.17) is 4.74 Å². The minimum Gasteiger partial charge on any atom is -0.496 e. The third-order valence-electron chi connectivity index (χ3n) is 12.2. The number of benzene rings is 7. The first-order valence-corrected chi connectivity index (χ1v) is 20.2. The molecule has 0 amide bonds. The van der Waals surface area contributed by atoms with Gasteiger partial charge in [0, 0.05) is 5.56 Å². The van der Waals surface area contributed by atoms with Crippen molar-refractivity contribution >= 4 is 57.0 Å². The second kappa shape index (κ2) is 15.3. The molecule has 7 aromatic rings. The fraction of sp³-hybridized carbons (Fsp3) is 0.245. The van der Waals surface area contributed by atoms with Gasteiger partial charge in [0.15, 0.2) is 0 Å². The van der Waals surface area contributed by atoms with Gasteiger partial charge in [-0.1, -0.05) is 197 Å². The molecule has 3 heteroatoms. The molecule has 0 N–H and O–H groups in total. The third-order valence-corrected chi connectivity index (χ3v) is 12.2. The molecule has 7 aromatic carbocycles. The lowest BCUT2D eigenvalue weighted by Gasteiger charge is -2.27. The molecule has 0 aliphatic rings. The molecule has 56 heavy (non-hydrogen) atoms. The first-order valence-electron chi connectivity index (χ1n) is 20.2. The minimum atomic E-state index is 0.0704. The molecule has 0 aromatic heterocycles. The number of fused-ring (bicyclic) bond motifs is 1. The number of rotatable bonds is 8. The number of ether oxygens (including phenoxy) is 1. The lowest BCUT2D eigenvalue weighted by molar-refractivity contribution is 0.417. The maximum atomic E-state index is 6.37. The maximum Gasteiger partial charge on any atom is 0.243 e. The van der Waals surface area contributed by atoms with Gasteiger partial charge in [-0.3, -0.25) is 0 Å². The van der Waals surface area contributed by atoms with E-state index in [1.807, 2.05) is 7.11 Å². The van der Waals surface area contributed by atoms with Gasteiger partial charge in [-0.05, 0) is 105 Å². The van der Waals surface area contributed by atoms with Crippen LogP contribution in [-0.4, -0.2) is 20.5 Å². The minimum absolute atomic E-state index is 0.0704. The van der Waals surface area contributed by atoms with E-state index in [1.54, 1.807) is 0 Å².